The van der Waals surface area contributed by atoms with Crippen molar-refractivity contribution in [3.63, 3.8) is 0 Å². The quantitative estimate of drug-likeness (QED) is 0.778. The minimum Gasteiger partial charge on any atom is -0.486 e. The van der Waals surface area contributed by atoms with Crippen molar-refractivity contribution in [2.24, 2.45) is 0 Å². The molecule has 1 amide bonds. The van der Waals surface area contributed by atoms with Gasteiger partial charge in [0.1, 0.15) is 18.9 Å². The summed E-state index contributed by atoms with van der Waals surface area (Å²) in [5, 5.41) is 3.43. The average molecular weight is 256 g/mol. The van der Waals surface area contributed by atoms with E-state index in [1.54, 1.807) is 6.07 Å². The molecule has 5 heteroatoms. The molecule has 1 aromatic rings. The molecule has 1 atom stereocenters. The summed E-state index contributed by atoms with van der Waals surface area (Å²) >= 11 is 5.97. The van der Waals surface area contributed by atoms with E-state index < -0.39 is 0 Å². The Labute approximate surface area is 106 Å². The van der Waals surface area contributed by atoms with Crippen molar-refractivity contribution in [2.45, 2.75) is 0 Å². The van der Waals surface area contributed by atoms with Gasteiger partial charge in [-0.05, 0) is 12.1 Å². The molecule has 0 saturated carbocycles. The zero-order valence-corrected chi connectivity index (χ0v) is 10.3. The van der Waals surface area contributed by atoms with Gasteiger partial charge in [-0.2, -0.15) is 0 Å². The highest BCUT2D eigenvalue weighted by atomic mass is 35.5. The fourth-order valence-corrected chi connectivity index (χ4v) is 2.03. The summed E-state index contributed by atoms with van der Waals surface area (Å²) in [4.78, 5) is 12.4. The van der Waals surface area contributed by atoms with Gasteiger partial charge < -0.3 is 15.0 Å². The first-order valence-corrected chi connectivity index (χ1v) is 6.11. The van der Waals surface area contributed by atoms with Gasteiger partial charge in [-0.3, -0.25) is 4.79 Å². The van der Waals surface area contributed by atoms with Gasteiger partial charge in [0, 0.05) is 0 Å². The fraction of sp³-hybridized carbons (Fsp3) is 0.417. The van der Waals surface area contributed by atoms with E-state index in [4.69, 9.17) is 16.3 Å². The summed E-state index contributed by atoms with van der Waals surface area (Å²) in [6, 6.07) is 7.41. The molecule has 92 valence electrons. The lowest BCUT2D eigenvalue weighted by atomic mass is 10.3. The number of halogens is 1. The molecule has 2 N–H and O–H groups in total. The normalized spacial score (nSPS) is 19.8. The largest absolute Gasteiger partial charge is 0.486 e. The minimum atomic E-state index is 0.115. The van der Waals surface area contributed by atoms with Gasteiger partial charge in [0.05, 0.1) is 18.1 Å². The number of carbonyl (C=O) groups is 1. The number of benzene rings is 1. The standard InChI is InChI=1S/C12H15ClN2O2/c13-10-3-1-2-4-11(10)17-8-7-15-6-5-14-12(16)9-15/h1-4H,5-9H2,(H,14,16)/p+1. The van der Waals surface area contributed by atoms with Gasteiger partial charge in [0.2, 0.25) is 0 Å². The molecule has 2 rings (SSSR count). The predicted octanol–water partition coefficient (Wildman–Crippen LogP) is -0.266. The van der Waals surface area contributed by atoms with Crippen molar-refractivity contribution in [3.05, 3.63) is 29.3 Å². The van der Waals surface area contributed by atoms with Crippen LogP contribution in [-0.4, -0.2) is 38.7 Å². The van der Waals surface area contributed by atoms with Crippen LogP contribution in [0.4, 0.5) is 0 Å². The third-order valence-electron chi connectivity index (χ3n) is 2.76. The maximum Gasteiger partial charge on any atom is 0.275 e. The Kier molecular flexibility index (Phi) is 4.23. The number of amides is 1. The van der Waals surface area contributed by atoms with Crippen LogP contribution in [0.2, 0.25) is 5.02 Å². The van der Waals surface area contributed by atoms with Crippen molar-refractivity contribution in [2.75, 3.05) is 32.8 Å². The van der Waals surface area contributed by atoms with Gasteiger partial charge in [-0.25, -0.2) is 0 Å². The molecule has 1 fully saturated rings. The van der Waals surface area contributed by atoms with Crippen molar-refractivity contribution in [1.29, 1.82) is 0 Å². The number of ether oxygens (including phenoxy) is 1. The Hall–Kier alpha value is -1.26. The maximum atomic E-state index is 11.2. The van der Waals surface area contributed by atoms with E-state index >= 15 is 0 Å². The Morgan fingerprint density at radius 1 is 1.41 bits per heavy atom. The first-order valence-electron chi connectivity index (χ1n) is 5.73. The van der Waals surface area contributed by atoms with E-state index in [1.807, 2.05) is 18.2 Å². The number of rotatable bonds is 4. The molecule has 0 radical (unpaired) electrons. The van der Waals surface area contributed by atoms with Crippen molar-refractivity contribution >= 4 is 17.5 Å². The molecule has 0 aromatic heterocycles. The van der Waals surface area contributed by atoms with Crippen molar-refractivity contribution < 1.29 is 14.4 Å². The summed E-state index contributed by atoms with van der Waals surface area (Å²) in [5.74, 6) is 0.819. The average Bonchev–Trinajstić information content (AvgIpc) is 2.32. The zero-order chi connectivity index (χ0) is 12.1. The highest BCUT2D eigenvalue weighted by molar-refractivity contribution is 6.32. The highest BCUT2D eigenvalue weighted by Crippen LogP contribution is 2.22. The molecule has 0 aliphatic carbocycles. The number of piperazine rings is 1. The number of quaternary nitrogens is 1. The first-order chi connectivity index (χ1) is 8.25. The molecule has 17 heavy (non-hydrogen) atoms. The van der Waals surface area contributed by atoms with E-state index in [0.717, 1.165) is 19.6 Å². The van der Waals surface area contributed by atoms with Gasteiger partial charge in [0.15, 0.2) is 6.54 Å². The van der Waals surface area contributed by atoms with E-state index in [1.165, 1.54) is 4.90 Å². The number of hydrogen-bond acceptors (Lipinski definition) is 2. The molecular formula is C12H16ClN2O2+. The summed E-state index contributed by atoms with van der Waals surface area (Å²) in [7, 11) is 0. The SMILES string of the molecule is O=C1C[NH+](CCOc2ccccc2Cl)CCN1. The van der Waals surface area contributed by atoms with Crippen molar-refractivity contribution in [1.82, 2.24) is 5.32 Å². The van der Waals surface area contributed by atoms with Crippen LogP contribution in [0.15, 0.2) is 24.3 Å². The van der Waals surface area contributed by atoms with Gasteiger partial charge in [-0.15, -0.1) is 0 Å². The Bertz CT molecular complexity index is 398. The molecule has 1 aliphatic heterocycles. The van der Waals surface area contributed by atoms with E-state index in [0.29, 0.717) is 23.9 Å². The van der Waals surface area contributed by atoms with Crippen LogP contribution in [0.25, 0.3) is 0 Å². The molecule has 0 spiro atoms. The summed E-state index contributed by atoms with van der Waals surface area (Å²) in [6.45, 7) is 3.63. The van der Waals surface area contributed by atoms with Crippen molar-refractivity contribution in [3.8, 4) is 5.75 Å². The molecule has 0 bridgehead atoms. The minimum absolute atomic E-state index is 0.115. The van der Waals surface area contributed by atoms with Gasteiger partial charge in [0.25, 0.3) is 5.91 Å². The van der Waals surface area contributed by atoms with Crippen LogP contribution in [0, 0.1) is 0 Å². The summed E-state index contributed by atoms with van der Waals surface area (Å²) in [5.41, 5.74) is 0. The molecule has 1 aromatic carbocycles. The number of para-hydroxylation sites is 1. The molecule has 1 saturated heterocycles. The van der Waals surface area contributed by atoms with Crippen LogP contribution in [-0.2, 0) is 4.79 Å². The number of carbonyl (C=O) groups excluding carboxylic acids is 1. The lowest BCUT2D eigenvalue weighted by molar-refractivity contribution is -0.893. The van der Waals surface area contributed by atoms with Crippen LogP contribution in [0.3, 0.4) is 0 Å². The highest BCUT2D eigenvalue weighted by Gasteiger charge is 2.19. The van der Waals surface area contributed by atoms with Crippen LogP contribution < -0.4 is 15.0 Å². The Balaban J connectivity index is 1.76. The lowest BCUT2D eigenvalue weighted by Crippen LogP contribution is -3.15. The maximum absolute atomic E-state index is 11.2. The molecule has 1 unspecified atom stereocenters. The van der Waals surface area contributed by atoms with Crippen LogP contribution in [0.1, 0.15) is 0 Å². The number of nitrogens with one attached hydrogen (secondary N) is 2. The summed E-state index contributed by atoms with van der Waals surface area (Å²) in [6.07, 6.45) is 0. The Morgan fingerprint density at radius 3 is 3.00 bits per heavy atom. The monoisotopic (exact) mass is 255 g/mol. The second-order valence-corrected chi connectivity index (χ2v) is 4.46. The summed E-state index contributed by atoms with van der Waals surface area (Å²) < 4.78 is 5.59. The smallest absolute Gasteiger partial charge is 0.275 e. The van der Waals surface area contributed by atoms with Gasteiger partial charge >= 0.3 is 0 Å². The molecule has 1 aliphatic rings. The first kappa shape index (κ1) is 12.2. The molecule has 1 heterocycles. The third-order valence-corrected chi connectivity index (χ3v) is 3.07. The third kappa shape index (κ3) is 3.61. The lowest BCUT2D eigenvalue weighted by Gasteiger charge is -2.23. The topological polar surface area (TPSA) is 42.8 Å². The van der Waals surface area contributed by atoms with E-state index in [2.05, 4.69) is 5.32 Å². The fourth-order valence-electron chi connectivity index (χ4n) is 1.84. The molecule has 4 nitrogen and oxygen atoms in total. The molecular weight excluding hydrogens is 240 g/mol. The van der Waals surface area contributed by atoms with E-state index in [9.17, 15) is 4.79 Å². The number of hydrogen-bond donors (Lipinski definition) is 2. The predicted molar refractivity (Wildman–Crippen MR) is 65.5 cm³/mol. The Morgan fingerprint density at radius 2 is 2.24 bits per heavy atom. The van der Waals surface area contributed by atoms with Crippen LogP contribution in [0.5, 0.6) is 5.75 Å². The second kappa shape index (κ2) is 5.89. The van der Waals surface area contributed by atoms with E-state index in [-0.39, 0.29) is 5.91 Å². The second-order valence-electron chi connectivity index (χ2n) is 4.06. The van der Waals surface area contributed by atoms with Gasteiger partial charge in [-0.1, -0.05) is 23.7 Å². The zero-order valence-electron chi connectivity index (χ0n) is 9.54. The van der Waals surface area contributed by atoms with Crippen LogP contribution >= 0.6 is 11.6 Å².